The lowest BCUT2D eigenvalue weighted by Crippen LogP contribution is -2.22. The van der Waals surface area contributed by atoms with Crippen molar-refractivity contribution in [1.29, 1.82) is 0 Å². The molecule has 0 bridgehead atoms. The van der Waals surface area contributed by atoms with E-state index in [1.807, 2.05) is 50.1 Å². The van der Waals surface area contributed by atoms with Crippen LogP contribution in [-0.2, 0) is 4.79 Å². The highest BCUT2D eigenvalue weighted by atomic mass is 16.1. The van der Waals surface area contributed by atoms with Crippen molar-refractivity contribution in [2.45, 2.75) is 13.8 Å². The summed E-state index contributed by atoms with van der Waals surface area (Å²) in [5.41, 5.74) is 8.40. The molecule has 4 heteroatoms. The highest BCUT2D eigenvalue weighted by Gasteiger charge is 2.16. The third-order valence-corrected chi connectivity index (χ3v) is 2.47. The van der Waals surface area contributed by atoms with Crippen LogP contribution in [0.25, 0.3) is 0 Å². The van der Waals surface area contributed by atoms with Gasteiger partial charge in [0.25, 0.3) is 0 Å². The maximum Gasteiger partial charge on any atom is 0.246 e. The number of nitrogens with zero attached hydrogens (tertiary/aromatic N) is 1. The summed E-state index contributed by atoms with van der Waals surface area (Å²) in [5.74, 6) is -0.0497. The fourth-order valence-electron chi connectivity index (χ4n) is 1.59. The van der Waals surface area contributed by atoms with Gasteiger partial charge in [-0.25, -0.2) is 0 Å². The van der Waals surface area contributed by atoms with Crippen molar-refractivity contribution in [3.8, 4) is 0 Å². The monoisotopic (exact) mass is 233 g/mol. The van der Waals surface area contributed by atoms with Crippen LogP contribution in [0.2, 0.25) is 0 Å². The summed E-state index contributed by atoms with van der Waals surface area (Å²) in [6, 6.07) is 7.58. The fourth-order valence-corrected chi connectivity index (χ4v) is 1.59. The van der Waals surface area contributed by atoms with Gasteiger partial charge in [-0.2, -0.15) is 0 Å². The summed E-state index contributed by atoms with van der Waals surface area (Å²) in [4.78, 5) is 13.0. The smallest absolute Gasteiger partial charge is 0.246 e. The largest absolute Gasteiger partial charge is 0.397 e. The SMILES string of the molecule is CC.CN(C1=CC(=O)NC1)c1ccccc1N. The second-order valence-corrected chi connectivity index (χ2v) is 3.47. The summed E-state index contributed by atoms with van der Waals surface area (Å²) in [5, 5.41) is 2.73. The van der Waals surface area contributed by atoms with E-state index in [9.17, 15) is 4.79 Å². The molecule has 0 atom stereocenters. The normalized spacial score (nSPS) is 13.4. The van der Waals surface area contributed by atoms with Crippen LogP contribution >= 0.6 is 0 Å². The van der Waals surface area contributed by atoms with Crippen LogP contribution in [0.3, 0.4) is 0 Å². The van der Waals surface area contributed by atoms with Crippen LogP contribution < -0.4 is 16.0 Å². The third kappa shape index (κ3) is 3.00. The lowest BCUT2D eigenvalue weighted by molar-refractivity contribution is -0.115. The number of carbonyl (C=O) groups excluding carboxylic acids is 1. The molecule has 1 heterocycles. The van der Waals surface area contributed by atoms with Crippen molar-refractivity contribution in [1.82, 2.24) is 5.32 Å². The molecule has 0 aromatic heterocycles. The number of rotatable bonds is 2. The number of nitrogens with two attached hydrogens (primary N) is 1. The van der Waals surface area contributed by atoms with Gasteiger partial charge in [-0.05, 0) is 12.1 Å². The molecule has 3 N–H and O–H groups in total. The van der Waals surface area contributed by atoms with Crippen LogP contribution in [0.5, 0.6) is 0 Å². The first-order valence-electron chi connectivity index (χ1n) is 5.75. The average molecular weight is 233 g/mol. The zero-order valence-corrected chi connectivity index (χ0v) is 10.5. The second-order valence-electron chi connectivity index (χ2n) is 3.47. The molecular weight excluding hydrogens is 214 g/mol. The summed E-state index contributed by atoms with van der Waals surface area (Å²) in [7, 11) is 1.90. The Bertz CT molecular complexity index is 426. The zero-order valence-electron chi connectivity index (χ0n) is 10.5. The Labute approximate surface area is 102 Å². The van der Waals surface area contributed by atoms with E-state index in [1.165, 1.54) is 0 Å². The van der Waals surface area contributed by atoms with Gasteiger partial charge in [0.05, 0.1) is 17.9 Å². The van der Waals surface area contributed by atoms with Gasteiger partial charge in [-0.15, -0.1) is 0 Å². The summed E-state index contributed by atoms with van der Waals surface area (Å²) in [6.07, 6.45) is 1.59. The van der Waals surface area contributed by atoms with Crippen molar-refractivity contribution in [2.24, 2.45) is 0 Å². The number of hydrogen-bond acceptors (Lipinski definition) is 3. The third-order valence-electron chi connectivity index (χ3n) is 2.47. The fraction of sp³-hybridized carbons (Fsp3) is 0.308. The van der Waals surface area contributed by atoms with Gasteiger partial charge < -0.3 is 16.0 Å². The molecule has 1 aliphatic heterocycles. The molecule has 0 saturated heterocycles. The molecule has 1 aliphatic rings. The first-order chi connectivity index (χ1) is 8.18. The molecule has 4 nitrogen and oxygen atoms in total. The highest BCUT2D eigenvalue weighted by molar-refractivity contribution is 5.92. The number of hydrogen-bond donors (Lipinski definition) is 2. The van der Waals surface area contributed by atoms with Gasteiger partial charge in [-0.1, -0.05) is 26.0 Å². The Kier molecular flexibility index (Phi) is 4.57. The number of para-hydroxylation sites is 2. The maximum absolute atomic E-state index is 11.0. The van der Waals surface area contributed by atoms with E-state index in [2.05, 4.69) is 5.32 Å². The van der Waals surface area contributed by atoms with E-state index in [0.29, 0.717) is 12.2 Å². The van der Waals surface area contributed by atoms with Crippen LogP contribution in [0.4, 0.5) is 11.4 Å². The molecule has 92 valence electrons. The van der Waals surface area contributed by atoms with Crippen molar-refractivity contribution >= 4 is 17.3 Å². The van der Waals surface area contributed by atoms with Gasteiger partial charge in [0.1, 0.15) is 0 Å². The van der Waals surface area contributed by atoms with Crippen molar-refractivity contribution in [2.75, 3.05) is 24.2 Å². The second kappa shape index (κ2) is 5.94. The van der Waals surface area contributed by atoms with E-state index in [4.69, 9.17) is 5.73 Å². The van der Waals surface area contributed by atoms with E-state index in [1.54, 1.807) is 6.08 Å². The Balaban J connectivity index is 0.000000686. The molecule has 1 aromatic carbocycles. The Morgan fingerprint density at radius 3 is 2.47 bits per heavy atom. The molecule has 0 aliphatic carbocycles. The molecule has 0 unspecified atom stereocenters. The molecule has 0 radical (unpaired) electrons. The van der Waals surface area contributed by atoms with Crippen molar-refractivity contribution in [3.63, 3.8) is 0 Å². The van der Waals surface area contributed by atoms with Crippen LogP contribution in [0, 0.1) is 0 Å². The standard InChI is InChI=1S/C11H13N3O.C2H6/c1-14(8-6-11(15)13-7-8)10-5-3-2-4-9(10)12;1-2/h2-6H,7,12H2,1H3,(H,13,15);1-2H3. The zero-order chi connectivity index (χ0) is 12.8. The molecule has 0 spiro atoms. The lowest BCUT2D eigenvalue weighted by atomic mass is 10.2. The first kappa shape index (κ1) is 13.1. The Morgan fingerprint density at radius 2 is 1.94 bits per heavy atom. The van der Waals surface area contributed by atoms with Gasteiger partial charge in [0.15, 0.2) is 0 Å². The van der Waals surface area contributed by atoms with Crippen molar-refractivity contribution in [3.05, 3.63) is 36.0 Å². The van der Waals surface area contributed by atoms with E-state index < -0.39 is 0 Å². The first-order valence-corrected chi connectivity index (χ1v) is 5.75. The minimum Gasteiger partial charge on any atom is -0.397 e. The van der Waals surface area contributed by atoms with Crippen LogP contribution in [0.15, 0.2) is 36.0 Å². The van der Waals surface area contributed by atoms with Gasteiger partial charge >= 0.3 is 0 Å². The van der Waals surface area contributed by atoms with E-state index in [0.717, 1.165) is 11.4 Å². The number of carbonyl (C=O) groups is 1. The minimum atomic E-state index is -0.0497. The number of nitrogens with one attached hydrogen (secondary N) is 1. The lowest BCUT2D eigenvalue weighted by Gasteiger charge is -2.21. The topological polar surface area (TPSA) is 58.4 Å². The van der Waals surface area contributed by atoms with Gasteiger partial charge in [0.2, 0.25) is 5.91 Å². The molecule has 0 saturated carbocycles. The summed E-state index contributed by atoms with van der Waals surface area (Å²) in [6.45, 7) is 4.56. The van der Waals surface area contributed by atoms with Gasteiger partial charge in [-0.3, -0.25) is 4.79 Å². The molecule has 1 aromatic rings. The van der Waals surface area contributed by atoms with Crippen molar-refractivity contribution < 1.29 is 4.79 Å². The minimum absolute atomic E-state index is 0.0497. The number of amides is 1. The summed E-state index contributed by atoms with van der Waals surface area (Å²) < 4.78 is 0. The Hall–Kier alpha value is -1.97. The quantitative estimate of drug-likeness (QED) is 0.765. The molecule has 2 rings (SSSR count). The predicted octanol–water partition coefficient (Wildman–Crippen LogP) is 1.74. The number of likely N-dealkylation sites (N-methyl/N-ethyl adjacent to an activating group) is 1. The number of benzene rings is 1. The molecule has 1 amide bonds. The van der Waals surface area contributed by atoms with E-state index >= 15 is 0 Å². The van der Waals surface area contributed by atoms with Gasteiger partial charge in [0, 0.05) is 18.8 Å². The van der Waals surface area contributed by atoms with E-state index in [-0.39, 0.29) is 5.91 Å². The highest BCUT2D eigenvalue weighted by Crippen LogP contribution is 2.24. The predicted molar refractivity (Wildman–Crippen MR) is 71.7 cm³/mol. The average Bonchev–Trinajstić information content (AvgIpc) is 2.78. The molecule has 0 fully saturated rings. The number of nitrogen functional groups attached to an aromatic ring is 1. The Morgan fingerprint density at radius 1 is 1.29 bits per heavy atom. The maximum atomic E-state index is 11.0. The molecule has 17 heavy (non-hydrogen) atoms. The summed E-state index contributed by atoms with van der Waals surface area (Å²) >= 11 is 0. The van der Waals surface area contributed by atoms with Crippen LogP contribution in [0.1, 0.15) is 13.8 Å². The molecular formula is C13H19N3O. The number of anilines is 2. The van der Waals surface area contributed by atoms with Crippen LogP contribution in [-0.4, -0.2) is 19.5 Å².